The lowest BCUT2D eigenvalue weighted by molar-refractivity contribution is -0.149. The number of H-pyrrole nitrogens is 1. The lowest BCUT2D eigenvalue weighted by Crippen LogP contribution is -2.46. The Labute approximate surface area is 176 Å². The van der Waals surface area contributed by atoms with Crippen molar-refractivity contribution in [1.82, 2.24) is 14.6 Å². The number of carbonyl (C=O) groups excluding carboxylic acids is 1. The van der Waals surface area contributed by atoms with E-state index in [9.17, 15) is 18.9 Å². The van der Waals surface area contributed by atoms with E-state index in [4.69, 9.17) is 23.3 Å². The number of aromatic nitrogens is 2. The predicted octanol–water partition coefficient (Wildman–Crippen LogP) is 0.589. The molecule has 1 aromatic rings. The first-order chi connectivity index (χ1) is 14.4. The summed E-state index contributed by atoms with van der Waals surface area (Å²) < 4.78 is 55.9. The minimum absolute atomic E-state index is 0.372. The van der Waals surface area contributed by atoms with Gasteiger partial charge in [-0.1, -0.05) is 0 Å². The van der Waals surface area contributed by atoms with Gasteiger partial charge in [-0.3, -0.25) is 28.2 Å². The van der Waals surface area contributed by atoms with E-state index in [1.807, 2.05) is 4.98 Å². The summed E-state index contributed by atoms with van der Waals surface area (Å²) >= 11 is 0. The number of ether oxygens (including phenoxy) is 3. The largest absolute Gasteiger partial charge is 0.462 e. The van der Waals surface area contributed by atoms with Gasteiger partial charge in [0.25, 0.3) is 5.56 Å². The van der Waals surface area contributed by atoms with Crippen LogP contribution in [0, 0.1) is 0 Å². The Kier molecular flexibility index (Phi) is 6.84. The molecule has 0 radical (unpaired) electrons. The molecule has 6 atom stereocenters. The highest BCUT2D eigenvalue weighted by Crippen LogP contribution is 2.49. The van der Waals surface area contributed by atoms with Crippen LogP contribution in [0.5, 0.6) is 0 Å². The SMILES string of the molecule is CC(C)OC(=O)[C@H](C)NP1(=O)OCOC2[C@@H](CO1)O[C@@H](n1ccc(=O)[nH]c1=O)[C@]2(C)F. The van der Waals surface area contributed by atoms with Gasteiger partial charge in [-0.15, -0.1) is 0 Å². The lowest BCUT2D eigenvalue weighted by Gasteiger charge is -2.31. The highest BCUT2D eigenvalue weighted by atomic mass is 31.2. The maximum atomic E-state index is 15.6. The molecule has 2 N–H and O–H groups in total. The first-order valence-electron chi connectivity index (χ1n) is 9.58. The van der Waals surface area contributed by atoms with Gasteiger partial charge in [-0.2, -0.15) is 0 Å². The van der Waals surface area contributed by atoms with Crippen molar-refractivity contribution >= 4 is 13.7 Å². The fourth-order valence-corrected chi connectivity index (χ4v) is 4.65. The molecule has 0 bridgehead atoms. The summed E-state index contributed by atoms with van der Waals surface area (Å²) in [5.41, 5.74) is -3.73. The maximum absolute atomic E-state index is 15.6. The van der Waals surface area contributed by atoms with Gasteiger partial charge < -0.3 is 14.2 Å². The van der Waals surface area contributed by atoms with Crippen LogP contribution in [-0.2, 0) is 32.6 Å². The average molecular weight is 465 g/mol. The second kappa shape index (κ2) is 8.93. The third kappa shape index (κ3) is 5.13. The second-order valence-corrected chi connectivity index (χ2v) is 9.43. The van der Waals surface area contributed by atoms with E-state index in [-0.39, 0.29) is 6.10 Å². The standard InChI is InChI=1S/C17H25FN3O9P/c1-9(2)29-14(23)10(3)20-31(25)27-7-11-13(26-8-28-31)17(4,18)15(30-11)21-6-5-12(22)19-16(21)24/h5-6,9-11,13,15H,7-8H2,1-4H3,(H,20,25)(H,19,22,24)/t10-,11+,13?,15+,17+,31?/m0/s1. The van der Waals surface area contributed by atoms with Gasteiger partial charge in [0, 0.05) is 12.3 Å². The van der Waals surface area contributed by atoms with Crippen molar-refractivity contribution in [2.24, 2.45) is 0 Å². The Balaban J connectivity index is 1.75. The molecule has 174 valence electrons. The minimum Gasteiger partial charge on any atom is -0.462 e. The molecule has 2 unspecified atom stereocenters. The molecule has 0 aromatic carbocycles. The van der Waals surface area contributed by atoms with Gasteiger partial charge >= 0.3 is 19.4 Å². The number of nitrogens with one attached hydrogen (secondary N) is 2. The van der Waals surface area contributed by atoms with Crippen molar-refractivity contribution in [2.75, 3.05) is 13.4 Å². The molecule has 2 fully saturated rings. The van der Waals surface area contributed by atoms with Crippen LogP contribution in [0.3, 0.4) is 0 Å². The molecular formula is C17H25FN3O9P. The van der Waals surface area contributed by atoms with E-state index < -0.39 is 68.5 Å². The fraction of sp³-hybridized carbons (Fsp3) is 0.706. The van der Waals surface area contributed by atoms with Crippen LogP contribution in [0.25, 0.3) is 0 Å². The number of carbonyl (C=O) groups is 1. The van der Waals surface area contributed by atoms with Crippen molar-refractivity contribution in [3.05, 3.63) is 33.1 Å². The second-order valence-electron chi connectivity index (χ2n) is 7.66. The van der Waals surface area contributed by atoms with E-state index >= 15 is 4.39 Å². The molecule has 2 saturated heterocycles. The number of hydrogen-bond acceptors (Lipinski definition) is 9. The third-order valence-electron chi connectivity index (χ3n) is 4.72. The van der Waals surface area contributed by atoms with Crippen molar-refractivity contribution in [2.45, 2.75) is 63.9 Å². The highest BCUT2D eigenvalue weighted by Gasteiger charge is 2.58. The van der Waals surface area contributed by atoms with E-state index in [0.29, 0.717) is 0 Å². The van der Waals surface area contributed by atoms with Gasteiger partial charge in [0.1, 0.15) is 18.2 Å². The summed E-state index contributed by atoms with van der Waals surface area (Å²) in [4.78, 5) is 37.4. The number of fused-ring (bicyclic) bond motifs is 1. The van der Waals surface area contributed by atoms with Crippen molar-refractivity contribution < 1.29 is 37.0 Å². The Morgan fingerprint density at radius 3 is 2.74 bits per heavy atom. The average Bonchev–Trinajstić information content (AvgIpc) is 2.88. The van der Waals surface area contributed by atoms with E-state index in [0.717, 1.165) is 16.8 Å². The lowest BCUT2D eigenvalue weighted by atomic mass is 9.98. The normalized spacial score (nSPS) is 34.6. The number of nitrogens with zero attached hydrogens (tertiary/aromatic N) is 1. The van der Waals surface area contributed by atoms with Gasteiger partial charge in [0.2, 0.25) is 0 Å². The first-order valence-corrected chi connectivity index (χ1v) is 11.1. The van der Waals surface area contributed by atoms with Crippen molar-refractivity contribution in [3.63, 3.8) is 0 Å². The van der Waals surface area contributed by atoms with Crippen LogP contribution in [0.1, 0.15) is 33.9 Å². The third-order valence-corrected chi connectivity index (χ3v) is 6.36. The number of aromatic amines is 1. The zero-order valence-electron chi connectivity index (χ0n) is 17.4. The molecule has 1 aromatic heterocycles. The summed E-state index contributed by atoms with van der Waals surface area (Å²) in [7, 11) is -4.03. The number of alkyl halides is 1. The molecule has 3 heterocycles. The van der Waals surface area contributed by atoms with Crippen LogP contribution in [0.2, 0.25) is 0 Å². The Hall–Kier alpha value is -1.89. The predicted molar refractivity (Wildman–Crippen MR) is 103 cm³/mol. The number of esters is 1. The fourth-order valence-electron chi connectivity index (χ4n) is 3.30. The summed E-state index contributed by atoms with van der Waals surface area (Å²) in [6.45, 7) is 4.87. The zero-order valence-corrected chi connectivity index (χ0v) is 18.3. The molecular weight excluding hydrogens is 440 g/mol. The van der Waals surface area contributed by atoms with Crippen LogP contribution in [-0.4, -0.2) is 58.9 Å². The van der Waals surface area contributed by atoms with Gasteiger partial charge in [-0.05, 0) is 27.7 Å². The van der Waals surface area contributed by atoms with Crippen LogP contribution < -0.4 is 16.3 Å². The van der Waals surface area contributed by atoms with Crippen LogP contribution in [0.4, 0.5) is 4.39 Å². The van der Waals surface area contributed by atoms with Crippen molar-refractivity contribution in [3.8, 4) is 0 Å². The number of hydrogen-bond donors (Lipinski definition) is 2. The molecule has 0 aliphatic carbocycles. The molecule has 2 aliphatic heterocycles. The number of halogens is 1. The van der Waals surface area contributed by atoms with E-state index in [1.165, 1.54) is 13.8 Å². The Bertz CT molecular complexity index is 978. The van der Waals surface area contributed by atoms with Crippen LogP contribution in [0.15, 0.2) is 21.9 Å². The number of rotatable bonds is 5. The van der Waals surface area contributed by atoms with Crippen molar-refractivity contribution in [1.29, 1.82) is 0 Å². The minimum atomic E-state index is -4.03. The molecule has 14 heteroatoms. The van der Waals surface area contributed by atoms with E-state index in [2.05, 4.69) is 5.09 Å². The Morgan fingerprint density at radius 1 is 1.39 bits per heavy atom. The maximum Gasteiger partial charge on any atom is 0.408 e. The first kappa shape index (κ1) is 23.8. The summed E-state index contributed by atoms with van der Waals surface area (Å²) in [6.07, 6.45) is -3.00. The summed E-state index contributed by atoms with van der Waals surface area (Å²) in [5, 5.41) is 2.44. The molecule has 0 spiro atoms. The van der Waals surface area contributed by atoms with Gasteiger partial charge in [0.05, 0.1) is 12.7 Å². The molecule has 0 saturated carbocycles. The van der Waals surface area contributed by atoms with E-state index in [1.54, 1.807) is 13.8 Å². The summed E-state index contributed by atoms with van der Waals surface area (Å²) in [6, 6.07) is 0.0316. The molecule has 31 heavy (non-hydrogen) atoms. The summed E-state index contributed by atoms with van der Waals surface area (Å²) in [5.74, 6) is -0.663. The zero-order chi connectivity index (χ0) is 23.0. The molecule has 12 nitrogen and oxygen atoms in total. The molecule has 2 aliphatic rings. The molecule has 3 rings (SSSR count). The van der Waals surface area contributed by atoms with Gasteiger partial charge in [-0.25, -0.2) is 18.8 Å². The van der Waals surface area contributed by atoms with Crippen LogP contribution >= 0.6 is 7.75 Å². The smallest absolute Gasteiger partial charge is 0.408 e. The molecule has 0 amide bonds. The topological polar surface area (TPSA) is 147 Å². The Morgan fingerprint density at radius 2 is 2.10 bits per heavy atom. The highest BCUT2D eigenvalue weighted by molar-refractivity contribution is 7.51. The monoisotopic (exact) mass is 465 g/mol. The quantitative estimate of drug-likeness (QED) is 0.468. The van der Waals surface area contributed by atoms with Gasteiger partial charge in [0.15, 0.2) is 18.7 Å².